The van der Waals surface area contributed by atoms with Crippen LogP contribution in [-0.4, -0.2) is 27.6 Å². The Labute approximate surface area is 136 Å². The molecule has 2 rings (SSSR count). The van der Waals surface area contributed by atoms with Crippen molar-refractivity contribution in [2.45, 2.75) is 25.7 Å². The average molecular weight is 340 g/mol. The van der Waals surface area contributed by atoms with Crippen LogP contribution in [0, 0.1) is 0 Å². The standard InChI is InChI=1S/C14H15NO3S3/c16-12(17)6-2-1-3-7-15-13(18)11(21-14(15)19)9-10-5-4-8-20-10/h4-5,8-9H,1-3,6-7H2,(H,16,17)/p-1. The van der Waals surface area contributed by atoms with E-state index in [-0.39, 0.29) is 12.3 Å². The maximum Gasteiger partial charge on any atom is 0.266 e. The van der Waals surface area contributed by atoms with Crippen LogP contribution in [0.1, 0.15) is 30.6 Å². The molecule has 1 aromatic rings. The number of thiocarbonyl (C=S) groups is 1. The van der Waals surface area contributed by atoms with Crippen LogP contribution in [0.25, 0.3) is 6.08 Å². The van der Waals surface area contributed by atoms with E-state index in [1.165, 1.54) is 11.8 Å². The quantitative estimate of drug-likeness (QED) is 0.433. The lowest BCUT2D eigenvalue weighted by atomic mass is 10.2. The van der Waals surface area contributed by atoms with Crippen LogP contribution >= 0.6 is 35.3 Å². The molecule has 0 atom stereocenters. The summed E-state index contributed by atoms with van der Waals surface area (Å²) in [5.74, 6) is -1.09. The number of carbonyl (C=O) groups excluding carboxylic acids is 2. The highest BCUT2D eigenvalue weighted by Gasteiger charge is 2.31. The summed E-state index contributed by atoms with van der Waals surface area (Å²) < 4.78 is 0.572. The molecule has 0 N–H and O–H groups in total. The number of carbonyl (C=O) groups is 2. The van der Waals surface area contributed by atoms with Crippen molar-refractivity contribution < 1.29 is 14.7 Å². The van der Waals surface area contributed by atoms with E-state index in [1.807, 2.05) is 23.6 Å². The lowest BCUT2D eigenvalue weighted by Gasteiger charge is -2.14. The first-order valence-corrected chi connectivity index (χ1v) is 8.67. The molecule has 1 aromatic heterocycles. The van der Waals surface area contributed by atoms with Gasteiger partial charge in [-0.05, 0) is 36.8 Å². The topological polar surface area (TPSA) is 60.4 Å². The summed E-state index contributed by atoms with van der Waals surface area (Å²) >= 11 is 8.13. The van der Waals surface area contributed by atoms with Crippen LogP contribution in [0.15, 0.2) is 22.4 Å². The second-order valence-electron chi connectivity index (χ2n) is 4.53. The van der Waals surface area contributed by atoms with E-state index in [0.717, 1.165) is 17.7 Å². The number of amides is 1. The lowest BCUT2D eigenvalue weighted by Crippen LogP contribution is -2.29. The zero-order chi connectivity index (χ0) is 15.2. The van der Waals surface area contributed by atoms with Gasteiger partial charge in [0.2, 0.25) is 0 Å². The number of carboxylic acids is 1. The third-order valence-electron chi connectivity index (χ3n) is 2.95. The van der Waals surface area contributed by atoms with Crippen LogP contribution in [-0.2, 0) is 9.59 Å². The number of rotatable bonds is 7. The molecule has 1 amide bonds. The summed E-state index contributed by atoms with van der Waals surface area (Å²) in [7, 11) is 0. The molecule has 0 spiro atoms. The molecular weight excluding hydrogens is 326 g/mol. The zero-order valence-electron chi connectivity index (χ0n) is 11.2. The van der Waals surface area contributed by atoms with E-state index in [9.17, 15) is 14.7 Å². The van der Waals surface area contributed by atoms with E-state index in [1.54, 1.807) is 16.2 Å². The Bertz CT molecular complexity index is 566. The molecule has 1 aliphatic rings. The normalized spacial score (nSPS) is 17.0. The van der Waals surface area contributed by atoms with Gasteiger partial charge in [0.15, 0.2) is 0 Å². The summed E-state index contributed by atoms with van der Waals surface area (Å²) in [4.78, 5) is 25.9. The first kappa shape index (κ1) is 16.2. The fourth-order valence-electron chi connectivity index (χ4n) is 1.91. The van der Waals surface area contributed by atoms with Crippen LogP contribution < -0.4 is 5.11 Å². The molecule has 4 nitrogen and oxygen atoms in total. The van der Waals surface area contributed by atoms with Crippen molar-refractivity contribution in [2.24, 2.45) is 0 Å². The van der Waals surface area contributed by atoms with Crippen LogP contribution in [0.2, 0.25) is 0 Å². The van der Waals surface area contributed by atoms with Gasteiger partial charge < -0.3 is 9.90 Å². The van der Waals surface area contributed by atoms with Gasteiger partial charge in [0, 0.05) is 17.4 Å². The fourth-order valence-corrected chi connectivity index (χ4v) is 3.94. The Hall–Kier alpha value is -1.18. The molecule has 0 saturated carbocycles. The van der Waals surface area contributed by atoms with E-state index in [4.69, 9.17) is 12.2 Å². The molecule has 7 heteroatoms. The summed E-state index contributed by atoms with van der Waals surface area (Å²) in [6, 6.07) is 3.89. The molecule has 1 aliphatic heterocycles. The first-order chi connectivity index (χ1) is 10.1. The second kappa shape index (κ2) is 7.72. The highest BCUT2D eigenvalue weighted by atomic mass is 32.2. The molecule has 0 unspecified atom stereocenters. The highest BCUT2D eigenvalue weighted by Crippen LogP contribution is 2.33. The van der Waals surface area contributed by atoms with Crippen molar-refractivity contribution in [2.75, 3.05) is 6.54 Å². The monoisotopic (exact) mass is 340 g/mol. The number of aliphatic carboxylic acids is 1. The van der Waals surface area contributed by atoms with E-state index in [0.29, 0.717) is 22.2 Å². The number of unbranched alkanes of at least 4 members (excludes halogenated alkanes) is 2. The molecule has 2 heterocycles. The molecule has 112 valence electrons. The predicted molar refractivity (Wildman–Crippen MR) is 87.7 cm³/mol. The molecule has 1 fully saturated rings. The summed E-state index contributed by atoms with van der Waals surface area (Å²) in [6.07, 6.45) is 3.99. The van der Waals surface area contributed by atoms with Gasteiger partial charge in [0.1, 0.15) is 4.32 Å². The van der Waals surface area contributed by atoms with Crippen molar-refractivity contribution in [3.8, 4) is 0 Å². The Morgan fingerprint density at radius 1 is 1.38 bits per heavy atom. The van der Waals surface area contributed by atoms with Crippen molar-refractivity contribution in [3.05, 3.63) is 27.3 Å². The Morgan fingerprint density at radius 3 is 2.86 bits per heavy atom. The van der Waals surface area contributed by atoms with Gasteiger partial charge in [-0.1, -0.05) is 36.5 Å². The van der Waals surface area contributed by atoms with Crippen LogP contribution in [0.3, 0.4) is 0 Å². The van der Waals surface area contributed by atoms with Gasteiger partial charge in [-0.3, -0.25) is 9.69 Å². The van der Waals surface area contributed by atoms with Gasteiger partial charge in [0.05, 0.1) is 4.91 Å². The first-order valence-electron chi connectivity index (χ1n) is 6.56. The van der Waals surface area contributed by atoms with E-state index >= 15 is 0 Å². The number of hydrogen-bond acceptors (Lipinski definition) is 6. The van der Waals surface area contributed by atoms with Crippen LogP contribution in [0.4, 0.5) is 0 Å². The number of hydrogen-bond donors (Lipinski definition) is 0. The summed E-state index contributed by atoms with van der Waals surface area (Å²) in [5.41, 5.74) is 0. The SMILES string of the molecule is O=C([O-])CCCCCN1C(=O)C(=Cc2cccs2)SC1=S. The second-order valence-corrected chi connectivity index (χ2v) is 7.19. The summed E-state index contributed by atoms with van der Waals surface area (Å²) in [5, 5.41) is 12.3. The van der Waals surface area contributed by atoms with Gasteiger partial charge in [0.25, 0.3) is 5.91 Å². The number of thioether (sulfide) groups is 1. The lowest BCUT2D eigenvalue weighted by molar-refractivity contribution is -0.305. The van der Waals surface area contributed by atoms with E-state index in [2.05, 4.69) is 0 Å². The minimum absolute atomic E-state index is 0.0571. The van der Waals surface area contributed by atoms with Gasteiger partial charge in [-0.2, -0.15) is 0 Å². The number of carboxylic acid groups (broad SMARTS) is 1. The van der Waals surface area contributed by atoms with Gasteiger partial charge >= 0.3 is 0 Å². The van der Waals surface area contributed by atoms with Crippen molar-refractivity contribution >= 4 is 57.6 Å². The van der Waals surface area contributed by atoms with Crippen molar-refractivity contribution in [1.82, 2.24) is 4.90 Å². The van der Waals surface area contributed by atoms with E-state index < -0.39 is 5.97 Å². The maximum absolute atomic E-state index is 12.3. The predicted octanol–water partition coefficient (Wildman–Crippen LogP) is 2.26. The fraction of sp³-hybridized carbons (Fsp3) is 0.357. The molecule has 0 radical (unpaired) electrons. The highest BCUT2D eigenvalue weighted by molar-refractivity contribution is 8.26. The number of thiophene rings is 1. The van der Waals surface area contributed by atoms with Crippen molar-refractivity contribution in [3.63, 3.8) is 0 Å². The average Bonchev–Trinajstić information content (AvgIpc) is 3.01. The molecule has 0 aliphatic carbocycles. The smallest absolute Gasteiger partial charge is 0.266 e. The largest absolute Gasteiger partial charge is 0.550 e. The Balaban J connectivity index is 1.86. The van der Waals surface area contributed by atoms with Crippen molar-refractivity contribution in [1.29, 1.82) is 0 Å². The molecule has 0 aromatic carbocycles. The third-order valence-corrected chi connectivity index (χ3v) is 5.15. The van der Waals surface area contributed by atoms with Crippen LogP contribution in [0.5, 0.6) is 0 Å². The van der Waals surface area contributed by atoms with Gasteiger partial charge in [-0.15, -0.1) is 11.3 Å². The molecule has 0 bridgehead atoms. The van der Waals surface area contributed by atoms with Gasteiger partial charge in [-0.25, -0.2) is 0 Å². The molecule has 21 heavy (non-hydrogen) atoms. The summed E-state index contributed by atoms with van der Waals surface area (Å²) in [6.45, 7) is 0.541. The third kappa shape index (κ3) is 4.66. The number of nitrogens with zero attached hydrogens (tertiary/aromatic N) is 1. The Morgan fingerprint density at radius 2 is 2.19 bits per heavy atom. The minimum Gasteiger partial charge on any atom is -0.550 e. The Kier molecular flexibility index (Phi) is 5.96. The minimum atomic E-state index is -1.03. The maximum atomic E-state index is 12.3. The molecular formula is C14H14NO3S3-. The molecule has 1 saturated heterocycles. The zero-order valence-corrected chi connectivity index (χ0v) is 13.7.